The van der Waals surface area contributed by atoms with Gasteiger partial charge in [-0.25, -0.2) is 8.42 Å². The number of carboxylic acids is 1. The summed E-state index contributed by atoms with van der Waals surface area (Å²) >= 11 is 0. The van der Waals surface area contributed by atoms with Gasteiger partial charge in [0.15, 0.2) is 5.03 Å². The van der Waals surface area contributed by atoms with E-state index in [1.165, 1.54) is 24.0 Å². The van der Waals surface area contributed by atoms with Gasteiger partial charge in [-0.3, -0.25) is 9.48 Å². The number of aromatic nitrogens is 2. The van der Waals surface area contributed by atoms with Crippen molar-refractivity contribution >= 4 is 16.0 Å². The van der Waals surface area contributed by atoms with Gasteiger partial charge in [0.25, 0.3) is 10.0 Å². The van der Waals surface area contributed by atoms with Crippen LogP contribution in [0.1, 0.15) is 26.3 Å². The topological polar surface area (TPSA) is 92.5 Å². The van der Waals surface area contributed by atoms with Crippen molar-refractivity contribution in [2.24, 2.45) is 0 Å². The number of sulfonamides is 1. The molecule has 1 heterocycles. The molecule has 1 N–H and O–H groups in total. The fourth-order valence-corrected chi connectivity index (χ4v) is 2.81. The molecule has 0 amide bonds. The van der Waals surface area contributed by atoms with Crippen LogP contribution in [-0.4, -0.2) is 47.2 Å². The Hall–Kier alpha value is -1.41. The van der Waals surface area contributed by atoms with E-state index in [0.717, 1.165) is 4.31 Å². The van der Waals surface area contributed by atoms with Crippen molar-refractivity contribution in [2.75, 3.05) is 13.6 Å². The maximum absolute atomic E-state index is 12.2. The Bertz CT molecular complexity index is 521. The molecule has 1 aromatic rings. The smallest absolute Gasteiger partial charge is 0.304 e. The first-order chi connectivity index (χ1) is 8.26. The quantitative estimate of drug-likeness (QED) is 0.818. The van der Waals surface area contributed by atoms with Gasteiger partial charge in [-0.05, 0) is 19.9 Å². The molecule has 0 aliphatic heterocycles. The number of aliphatic carboxylic acids is 1. The van der Waals surface area contributed by atoms with Crippen LogP contribution in [0.2, 0.25) is 0 Å². The van der Waals surface area contributed by atoms with Gasteiger partial charge in [0.05, 0.1) is 12.6 Å². The minimum absolute atomic E-state index is 0.0685. The summed E-state index contributed by atoms with van der Waals surface area (Å²) in [5, 5.41) is 12.6. The monoisotopic (exact) mass is 275 g/mol. The van der Waals surface area contributed by atoms with Crippen LogP contribution in [-0.2, 0) is 14.8 Å². The van der Waals surface area contributed by atoms with E-state index >= 15 is 0 Å². The average Bonchev–Trinajstić information content (AvgIpc) is 2.74. The van der Waals surface area contributed by atoms with Crippen molar-refractivity contribution in [3.63, 3.8) is 0 Å². The van der Waals surface area contributed by atoms with Crippen molar-refractivity contribution in [3.05, 3.63) is 12.3 Å². The second-order valence-electron chi connectivity index (χ2n) is 4.18. The molecule has 0 unspecified atom stereocenters. The zero-order valence-electron chi connectivity index (χ0n) is 10.6. The van der Waals surface area contributed by atoms with Crippen LogP contribution in [0, 0.1) is 0 Å². The SMILES string of the molecule is CC(C)n1nccc1S(=O)(=O)N(C)CCC(=O)O. The van der Waals surface area contributed by atoms with Gasteiger partial charge >= 0.3 is 5.97 Å². The molecule has 0 fully saturated rings. The van der Waals surface area contributed by atoms with Crippen molar-refractivity contribution in [2.45, 2.75) is 31.3 Å². The second-order valence-corrected chi connectivity index (χ2v) is 6.17. The maximum Gasteiger partial charge on any atom is 0.304 e. The Morgan fingerprint density at radius 3 is 2.67 bits per heavy atom. The number of nitrogens with zero attached hydrogens (tertiary/aromatic N) is 3. The van der Waals surface area contributed by atoms with E-state index in [0.29, 0.717) is 0 Å². The lowest BCUT2D eigenvalue weighted by Crippen LogP contribution is -2.31. The first kappa shape index (κ1) is 14.7. The molecule has 0 saturated carbocycles. The van der Waals surface area contributed by atoms with E-state index in [-0.39, 0.29) is 24.0 Å². The highest BCUT2D eigenvalue weighted by Crippen LogP contribution is 2.17. The normalized spacial score (nSPS) is 12.3. The third kappa shape index (κ3) is 3.08. The molecule has 0 saturated heterocycles. The predicted octanol–water partition coefficient (Wildman–Crippen LogP) is 0.559. The lowest BCUT2D eigenvalue weighted by molar-refractivity contribution is -0.137. The Kier molecular flexibility index (Phi) is 4.47. The van der Waals surface area contributed by atoms with E-state index in [9.17, 15) is 13.2 Å². The summed E-state index contributed by atoms with van der Waals surface area (Å²) in [4.78, 5) is 10.5. The fraction of sp³-hybridized carbons (Fsp3) is 0.600. The van der Waals surface area contributed by atoms with Crippen molar-refractivity contribution in [1.82, 2.24) is 14.1 Å². The zero-order valence-corrected chi connectivity index (χ0v) is 11.4. The average molecular weight is 275 g/mol. The number of hydrogen-bond acceptors (Lipinski definition) is 4. The molecule has 0 atom stereocenters. The van der Waals surface area contributed by atoms with Crippen molar-refractivity contribution < 1.29 is 18.3 Å². The summed E-state index contributed by atoms with van der Waals surface area (Å²) in [5.74, 6) is -1.03. The predicted molar refractivity (Wildman–Crippen MR) is 64.7 cm³/mol. The molecule has 0 spiro atoms. The largest absolute Gasteiger partial charge is 0.481 e. The van der Waals surface area contributed by atoms with Gasteiger partial charge in [-0.15, -0.1) is 0 Å². The second kappa shape index (κ2) is 5.49. The molecule has 0 aliphatic carbocycles. The summed E-state index contributed by atoms with van der Waals surface area (Å²) in [6.07, 6.45) is 1.18. The van der Waals surface area contributed by atoms with Crippen LogP contribution < -0.4 is 0 Å². The van der Waals surface area contributed by atoms with E-state index < -0.39 is 16.0 Å². The minimum Gasteiger partial charge on any atom is -0.481 e. The molecular formula is C10H17N3O4S. The Balaban J connectivity index is 2.98. The highest BCUT2D eigenvalue weighted by molar-refractivity contribution is 7.89. The third-order valence-electron chi connectivity index (χ3n) is 2.44. The molecule has 1 aromatic heterocycles. The molecule has 0 radical (unpaired) electrons. The van der Waals surface area contributed by atoms with Gasteiger partial charge < -0.3 is 5.11 Å². The van der Waals surface area contributed by atoms with Crippen LogP contribution in [0.5, 0.6) is 0 Å². The van der Waals surface area contributed by atoms with E-state index in [4.69, 9.17) is 5.11 Å². The van der Waals surface area contributed by atoms with E-state index in [1.54, 1.807) is 0 Å². The highest BCUT2D eigenvalue weighted by Gasteiger charge is 2.25. The van der Waals surface area contributed by atoms with Gasteiger partial charge in [0.2, 0.25) is 0 Å². The van der Waals surface area contributed by atoms with Gasteiger partial charge in [0.1, 0.15) is 0 Å². The van der Waals surface area contributed by atoms with Crippen LogP contribution in [0.15, 0.2) is 17.3 Å². The number of rotatable bonds is 6. The molecule has 102 valence electrons. The molecule has 1 rings (SSSR count). The first-order valence-electron chi connectivity index (χ1n) is 5.48. The molecule has 18 heavy (non-hydrogen) atoms. The van der Waals surface area contributed by atoms with Gasteiger partial charge in [-0.1, -0.05) is 0 Å². The summed E-state index contributed by atoms with van der Waals surface area (Å²) in [6.45, 7) is 3.58. The van der Waals surface area contributed by atoms with Crippen LogP contribution in [0.25, 0.3) is 0 Å². The van der Waals surface area contributed by atoms with Gasteiger partial charge in [-0.2, -0.15) is 9.40 Å². The summed E-state index contributed by atoms with van der Waals surface area (Å²) in [7, 11) is -2.34. The maximum atomic E-state index is 12.2. The summed E-state index contributed by atoms with van der Waals surface area (Å²) < 4.78 is 26.8. The van der Waals surface area contributed by atoms with Crippen LogP contribution >= 0.6 is 0 Å². The fourth-order valence-electron chi connectivity index (χ4n) is 1.43. The summed E-state index contributed by atoms with van der Waals surface area (Å²) in [5.41, 5.74) is 0. The molecule has 0 aromatic carbocycles. The molecule has 0 aliphatic rings. The van der Waals surface area contributed by atoms with E-state index in [2.05, 4.69) is 5.10 Å². The third-order valence-corrected chi connectivity index (χ3v) is 4.29. The zero-order chi connectivity index (χ0) is 13.9. The first-order valence-corrected chi connectivity index (χ1v) is 6.92. The van der Waals surface area contributed by atoms with Gasteiger partial charge in [0, 0.05) is 19.6 Å². The molecular weight excluding hydrogens is 258 g/mol. The van der Waals surface area contributed by atoms with Crippen molar-refractivity contribution in [3.8, 4) is 0 Å². The summed E-state index contributed by atoms with van der Waals surface area (Å²) in [6, 6.07) is 1.32. The number of carboxylic acid groups (broad SMARTS) is 1. The lowest BCUT2D eigenvalue weighted by Gasteiger charge is -2.18. The molecule has 8 heteroatoms. The number of hydrogen-bond donors (Lipinski definition) is 1. The Morgan fingerprint density at radius 2 is 2.17 bits per heavy atom. The lowest BCUT2D eigenvalue weighted by atomic mass is 10.4. The number of carbonyl (C=O) groups is 1. The highest BCUT2D eigenvalue weighted by atomic mass is 32.2. The van der Waals surface area contributed by atoms with E-state index in [1.807, 2.05) is 13.8 Å². The van der Waals surface area contributed by atoms with Crippen LogP contribution in [0.3, 0.4) is 0 Å². The minimum atomic E-state index is -3.70. The molecule has 0 bridgehead atoms. The standard InChI is InChI=1S/C10H17N3O4S/c1-8(2)13-9(4-6-11-13)18(16,17)12(3)7-5-10(14)15/h4,6,8H,5,7H2,1-3H3,(H,14,15). The Morgan fingerprint density at radius 1 is 1.56 bits per heavy atom. The van der Waals surface area contributed by atoms with Crippen molar-refractivity contribution in [1.29, 1.82) is 0 Å². The Labute approximate surface area is 106 Å². The van der Waals surface area contributed by atoms with Crippen LogP contribution in [0.4, 0.5) is 0 Å². The molecule has 7 nitrogen and oxygen atoms in total.